The van der Waals surface area contributed by atoms with Gasteiger partial charge in [0.25, 0.3) is 5.91 Å². The predicted octanol–water partition coefficient (Wildman–Crippen LogP) is 5.77. The Labute approximate surface area is 185 Å². The van der Waals surface area contributed by atoms with Crippen molar-refractivity contribution < 1.29 is 14.3 Å². The molecule has 1 saturated heterocycles. The van der Waals surface area contributed by atoms with Gasteiger partial charge in [0.2, 0.25) is 0 Å². The van der Waals surface area contributed by atoms with Crippen LogP contribution in [0.15, 0.2) is 36.4 Å². The average Bonchev–Trinajstić information content (AvgIpc) is 3.22. The van der Waals surface area contributed by atoms with E-state index in [1.807, 2.05) is 30.0 Å². The first-order valence-electron chi connectivity index (χ1n) is 10.3. The fourth-order valence-electron chi connectivity index (χ4n) is 3.80. The Hall–Kier alpha value is -2.31. The Morgan fingerprint density at radius 3 is 2.93 bits per heavy atom. The molecule has 0 aliphatic carbocycles. The van der Waals surface area contributed by atoms with E-state index in [0.717, 1.165) is 36.3 Å². The summed E-state index contributed by atoms with van der Waals surface area (Å²) in [6, 6.07) is 11.6. The number of methoxy groups -OCH3 is 1. The first-order chi connectivity index (χ1) is 14.6. The predicted molar refractivity (Wildman–Crippen MR) is 121 cm³/mol. The van der Waals surface area contributed by atoms with Crippen LogP contribution in [0.2, 0.25) is 5.02 Å². The summed E-state index contributed by atoms with van der Waals surface area (Å²) in [7, 11) is 1.56. The third kappa shape index (κ3) is 4.25. The smallest absolute Gasteiger partial charge is 0.254 e. The van der Waals surface area contributed by atoms with Crippen molar-refractivity contribution in [3.63, 3.8) is 0 Å². The van der Waals surface area contributed by atoms with Gasteiger partial charge in [0.1, 0.15) is 0 Å². The molecule has 158 valence electrons. The summed E-state index contributed by atoms with van der Waals surface area (Å²) in [6.07, 6.45) is 2.85. The van der Waals surface area contributed by atoms with E-state index in [0.29, 0.717) is 35.2 Å². The molecule has 4 rings (SSSR count). The molecular weight excluding hydrogens is 420 g/mol. The zero-order valence-corrected chi connectivity index (χ0v) is 18.8. The molecular formula is C23H25ClN2O3S. The third-order valence-electron chi connectivity index (χ3n) is 5.30. The van der Waals surface area contributed by atoms with Gasteiger partial charge >= 0.3 is 0 Å². The number of piperidine rings is 1. The molecule has 1 atom stereocenters. The van der Waals surface area contributed by atoms with Gasteiger partial charge in [-0.3, -0.25) is 4.79 Å². The number of rotatable bonds is 6. The molecule has 1 aromatic heterocycles. The van der Waals surface area contributed by atoms with E-state index in [2.05, 4.69) is 6.07 Å². The molecule has 1 amide bonds. The van der Waals surface area contributed by atoms with E-state index in [1.54, 1.807) is 30.6 Å². The van der Waals surface area contributed by atoms with Crippen LogP contribution in [0.4, 0.5) is 0 Å². The van der Waals surface area contributed by atoms with E-state index < -0.39 is 0 Å². The van der Waals surface area contributed by atoms with Crippen LogP contribution in [0, 0.1) is 0 Å². The van der Waals surface area contributed by atoms with Gasteiger partial charge in [-0.05, 0) is 43.5 Å². The van der Waals surface area contributed by atoms with Gasteiger partial charge in [0.05, 0.1) is 34.0 Å². The van der Waals surface area contributed by atoms with E-state index in [-0.39, 0.29) is 11.8 Å². The number of halogens is 1. The quantitative estimate of drug-likeness (QED) is 0.484. The van der Waals surface area contributed by atoms with E-state index >= 15 is 0 Å². The normalized spacial score (nSPS) is 16.6. The molecule has 0 saturated carbocycles. The summed E-state index contributed by atoms with van der Waals surface area (Å²) in [5.74, 6) is 1.19. The maximum Gasteiger partial charge on any atom is 0.254 e. The summed E-state index contributed by atoms with van der Waals surface area (Å²) < 4.78 is 12.3. The van der Waals surface area contributed by atoms with Crippen molar-refractivity contribution >= 4 is 39.1 Å². The van der Waals surface area contributed by atoms with Crippen LogP contribution in [0.25, 0.3) is 10.2 Å². The lowest BCUT2D eigenvalue weighted by Gasteiger charge is -2.32. The second kappa shape index (κ2) is 9.23. The molecule has 0 spiro atoms. The highest BCUT2D eigenvalue weighted by molar-refractivity contribution is 7.18. The van der Waals surface area contributed by atoms with Crippen LogP contribution < -0.4 is 9.47 Å². The number of carbonyl (C=O) groups is 1. The fourth-order valence-corrected chi connectivity index (χ4v) is 5.16. The molecule has 0 N–H and O–H groups in total. The van der Waals surface area contributed by atoms with Gasteiger partial charge in [-0.15, -0.1) is 11.3 Å². The summed E-state index contributed by atoms with van der Waals surface area (Å²) in [6.45, 7) is 3.96. The molecule has 5 nitrogen and oxygen atoms in total. The first-order valence-corrected chi connectivity index (χ1v) is 11.4. The Kier molecular flexibility index (Phi) is 6.44. The van der Waals surface area contributed by atoms with Gasteiger partial charge < -0.3 is 14.4 Å². The molecule has 1 aliphatic heterocycles. The molecule has 7 heteroatoms. The van der Waals surface area contributed by atoms with E-state index in [1.165, 1.54) is 4.70 Å². The van der Waals surface area contributed by atoms with E-state index in [9.17, 15) is 4.79 Å². The van der Waals surface area contributed by atoms with Crippen LogP contribution in [-0.2, 0) is 0 Å². The Bertz CT molecular complexity index is 1020. The molecule has 3 aromatic rings. The Balaban J connectivity index is 1.54. The lowest BCUT2D eigenvalue weighted by atomic mass is 9.98. The van der Waals surface area contributed by atoms with Crippen molar-refractivity contribution in [1.29, 1.82) is 0 Å². The monoisotopic (exact) mass is 444 g/mol. The van der Waals surface area contributed by atoms with Gasteiger partial charge in [0, 0.05) is 24.6 Å². The average molecular weight is 445 g/mol. The molecule has 0 bridgehead atoms. The molecule has 2 heterocycles. The highest BCUT2D eigenvalue weighted by Gasteiger charge is 2.28. The minimum absolute atomic E-state index is 0.0388. The van der Waals surface area contributed by atoms with Crippen LogP contribution in [-0.4, -0.2) is 42.6 Å². The second-order valence-corrected chi connectivity index (χ2v) is 8.92. The summed E-state index contributed by atoms with van der Waals surface area (Å²) in [4.78, 5) is 20.0. The van der Waals surface area contributed by atoms with Crippen LogP contribution in [0.5, 0.6) is 11.5 Å². The summed E-state index contributed by atoms with van der Waals surface area (Å²) >= 11 is 8.14. The maximum absolute atomic E-state index is 13.2. The Morgan fingerprint density at radius 1 is 1.33 bits per heavy atom. The zero-order valence-electron chi connectivity index (χ0n) is 17.2. The van der Waals surface area contributed by atoms with Gasteiger partial charge in [-0.25, -0.2) is 4.98 Å². The van der Waals surface area contributed by atoms with Gasteiger partial charge in [-0.2, -0.15) is 0 Å². The minimum atomic E-state index is -0.0388. The van der Waals surface area contributed by atoms with E-state index in [4.69, 9.17) is 26.1 Å². The SMILES string of the molecule is CCCOc1c(Cl)cc(C(=O)N2CCC[C@@H](c3nc4ccccc4s3)C2)cc1OC. The number of ether oxygens (including phenoxy) is 2. The number of aromatic nitrogens is 1. The number of thiazole rings is 1. The first kappa shape index (κ1) is 20.9. The number of likely N-dealkylation sites (tertiary alicyclic amines) is 1. The van der Waals surface area contributed by atoms with Crippen molar-refractivity contribution in [3.05, 3.63) is 52.0 Å². The molecule has 30 heavy (non-hydrogen) atoms. The van der Waals surface area contributed by atoms with Crippen LogP contribution in [0.1, 0.15) is 47.5 Å². The Morgan fingerprint density at radius 2 is 2.17 bits per heavy atom. The largest absolute Gasteiger partial charge is 0.493 e. The minimum Gasteiger partial charge on any atom is -0.493 e. The maximum atomic E-state index is 13.2. The van der Waals surface area contributed by atoms with Crippen molar-refractivity contribution in [2.75, 3.05) is 26.8 Å². The zero-order chi connectivity index (χ0) is 21.1. The number of amides is 1. The molecule has 2 aromatic carbocycles. The van der Waals surface area contributed by atoms with Crippen molar-refractivity contribution in [2.24, 2.45) is 0 Å². The standard InChI is InChI=1S/C23H25ClN2O3S/c1-3-11-29-21-17(24)12-16(13-19(21)28-2)23(27)26-10-6-7-15(14-26)22-25-18-8-4-5-9-20(18)30-22/h4-5,8-9,12-13,15H,3,6-7,10-11,14H2,1-2H3/t15-/m1/s1. The number of hydrogen-bond donors (Lipinski definition) is 0. The number of carbonyl (C=O) groups excluding carboxylic acids is 1. The highest BCUT2D eigenvalue weighted by atomic mass is 35.5. The molecule has 0 radical (unpaired) electrons. The van der Waals surface area contributed by atoms with Crippen LogP contribution in [0.3, 0.4) is 0 Å². The van der Waals surface area contributed by atoms with Gasteiger partial charge in [0.15, 0.2) is 11.5 Å². The van der Waals surface area contributed by atoms with Crippen molar-refractivity contribution in [1.82, 2.24) is 9.88 Å². The van der Waals surface area contributed by atoms with Gasteiger partial charge in [-0.1, -0.05) is 30.7 Å². The lowest BCUT2D eigenvalue weighted by molar-refractivity contribution is 0.0706. The summed E-state index contributed by atoms with van der Waals surface area (Å²) in [5.41, 5.74) is 1.55. The number of benzene rings is 2. The van der Waals surface area contributed by atoms with Crippen molar-refractivity contribution in [2.45, 2.75) is 32.1 Å². The number of hydrogen-bond acceptors (Lipinski definition) is 5. The molecule has 1 aliphatic rings. The van der Waals surface area contributed by atoms with Crippen LogP contribution >= 0.6 is 22.9 Å². The topological polar surface area (TPSA) is 51.7 Å². The summed E-state index contributed by atoms with van der Waals surface area (Å²) in [5, 5.41) is 1.50. The van der Waals surface area contributed by atoms with Crippen molar-refractivity contribution in [3.8, 4) is 11.5 Å². The number of nitrogens with zero attached hydrogens (tertiary/aromatic N) is 2. The molecule has 0 unspecified atom stereocenters. The lowest BCUT2D eigenvalue weighted by Crippen LogP contribution is -2.39. The number of fused-ring (bicyclic) bond motifs is 1. The fraction of sp³-hybridized carbons (Fsp3) is 0.391. The second-order valence-electron chi connectivity index (χ2n) is 7.45. The molecule has 1 fully saturated rings. The number of para-hydroxylation sites is 1. The third-order valence-corrected chi connectivity index (χ3v) is 6.77. The highest BCUT2D eigenvalue weighted by Crippen LogP contribution is 2.38.